The second kappa shape index (κ2) is 6.81. The molecule has 0 N–H and O–H groups in total. The van der Waals surface area contributed by atoms with Gasteiger partial charge in [0.05, 0.1) is 23.1 Å². The molecule has 26 heavy (non-hydrogen) atoms. The molecular formula is C17H16F3N3O3. The number of alkyl halides is 3. The Morgan fingerprint density at radius 1 is 1.04 bits per heavy atom. The first-order valence-corrected chi connectivity index (χ1v) is 7.93. The average Bonchev–Trinajstić information content (AvgIpc) is 3.14. The molecule has 0 saturated carbocycles. The van der Waals surface area contributed by atoms with Gasteiger partial charge in [0.2, 0.25) is 0 Å². The van der Waals surface area contributed by atoms with Crippen LogP contribution in [0.3, 0.4) is 0 Å². The fraction of sp³-hybridized carbons (Fsp3) is 0.353. The lowest BCUT2D eigenvalue weighted by molar-refractivity contribution is -0.141. The molecule has 0 aromatic carbocycles. The maximum absolute atomic E-state index is 12.7. The van der Waals surface area contributed by atoms with Gasteiger partial charge >= 0.3 is 6.18 Å². The fourth-order valence-electron chi connectivity index (χ4n) is 2.80. The van der Waals surface area contributed by atoms with Crippen LogP contribution in [0.15, 0.2) is 35.1 Å². The zero-order valence-corrected chi connectivity index (χ0v) is 13.9. The Kier molecular flexibility index (Phi) is 4.71. The highest BCUT2D eigenvalue weighted by Crippen LogP contribution is 2.28. The van der Waals surface area contributed by atoms with Crippen LogP contribution >= 0.6 is 0 Å². The van der Waals surface area contributed by atoms with Gasteiger partial charge in [0.1, 0.15) is 12.0 Å². The summed E-state index contributed by atoms with van der Waals surface area (Å²) >= 11 is 0. The van der Waals surface area contributed by atoms with Crippen LogP contribution < -0.4 is 0 Å². The third kappa shape index (κ3) is 3.56. The first-order valence-electron chi connectivity index (χ1n) is 7.93. The molecule has 9 heteroatoms. The summed E-state index contributed by atoms with van der Waals surface area (Å²) in [6.07, 6.45) is -1.78. The zero-order valence-electron chi connectivity index (χ0n) is 13.9. The highest BCUT2D eigenvalue weighted by molar-refractivity contribution is 5.96. The molecule has 1 aliphatic heterocycles. The number of halogens is 3. The standard InChI is InChI=1S/C17H16F3N3O3/c1-11-13(2-3-14(21-11)17(18,19)20)16(25)23-7-5-22(6-8-23)15(24)12-4-9-26-10-12/h2-4,9-10H,5-8H2,1H3. The van der Waals surface area contributed by atoms with E-state index in [1.165, 1.54) is 24.3 Å². The second-order valence-electron chi connectivity index (χ2n) is 5.92. The molecule has 1 fully saturated rings. The third-order valence-corrected chi connectivity index (χ3v) is 4.23. The molecular weight excluding hydrogens is 351 g/mol. The van der Waals surface area contributed by atoms with Crippen LogP contribution in [0, 0.1) is 6.92 Å². The first kappa shape index (κ1) is 18.0. The Hall–Kier alpha value is -2.84. The van der Waals surface area contributed by atoms with Crippen molar-refractivity contribution in [3.8, 4) is 0 Å². The van der Waals surface area contributed by atoms with Gasteiger partial charge in [-0.2, -0.15) is 13.2 Å². The number of carbonyl (C=O) groups is 2. The van der Waals surface area contributed by atoms with Crippen LogP contribution in [0.1, 0.15) is 32.1 Å². The maximum atomic E-state index is 12.7. The lowest BCUT2D eigenvalue weighted by atomic mass is 10.1. The first-order chi connectivity index (χ1) is 12.3. The van der Waals surface area contributed by atoms with E-state index in [-0.39, 0.29) is 23.1 Å². The largest absolute Gasteiger partial charge is 0.472 e. The predicted molar refractivity (Wildman–Crippen MR) is 84.5 cm³/mol. The van der Waals surface area contributed by atoms with Gasteiger partial charge in [0.25, 0.3) is 11.8 Å². The van der Waals surface area contributed by atoms with Crippen LogP contribution in [-0.2, 0) is 6.18 Å². The van der Waals surface area contributed by atoms with Gasteiger partial charge in [-0.25, -0.2) is 4.98 Å². The Bertz CT molecular complexity index is 810. The van der Waals surface area contributed by atoms with E-state index < -0.39 is 11.9 Å². The molecule has 0 atom stereocenters. The van der Waals surface area contributed by atoms with E-state index in [4.69, 9.17) is 4.42 Å². The van der Waals surface area contributed by atoms with Crippen molar-refractivity contribution in [2.45, 2.75) is 13.1 Å². The van der Waals surface area contributed by atoms with Crippen LogP contribution in [0.4, 0.5) is 13.2 Å². The number of rotatable bonds is 2. The molecule has 138 valence electrons. The number of hydrogen-bond donors (Lipinski definition) is 0. The van der Waals surface area contributed by atoms with Crippen LogP contribution in [-0.4, -0.2) is 52.8 Å². The molecule has 3 rings (SSSR count). The molecule has 1 aliphatic rings. The molecule has 0 bridgehead atoms. The van der Waals surface area contributed by atoms with E-state index in [1.807, 2.05) is 0 Å². The average molecular weight is 367 g/mol. The number of aromatic nitrogens is 1. The summed E-state index contributed by atoms with van der Waals surface area (Å²) < 4.78 is 43.0. The summed E-state index contributed by atoms with van der Waals surface area (Å²) in [6, 6.07) is 3.52. The number of aryl methyl sites for hydroxylation is 1. The van der Waals surface area contributed by atoms with Crippen molar-refractivity contribution in [1.82, 2.24) is 14.8 Å². The smallest absolute Gasteiger partial charge is 0.433 e. The molecule has 0 radical (unpaired) electrons. The Labute approximate surface area is 147 Å². The topological polar surface area (TPSA) is 66.7 Å². The number of pyridine rings is 1. The van der Waals surface area contributed by atoms with Crippen molar-refractivity contribution in [1.29, 1.82) is 0 Å². The number of carbonyl (C=O) groups excluding carboxylic acids is 2. The predicted octanol–water partition coefficient (Wildman–Crippen LogP) is 2.60. The van der Waals surface area contributed by atoms with Gasteiger partial charge in [0.15, 0.2) is 0 Å². The van der Waals surface area contributed by atoms with Crippen molar-refractivity contribution in [2.75, 3.05) is 26.2 Å². The molecule has 6 nitrogen and oxygen atoms in total. The van der Waals surface area contributed by atoms with Crippen LogP contribution in [0.2, 0.25) is 0 Å². The van der Waals surface area contributed by atoms with E-state index in [0.717, 1.165) is 12.1 Å². The van der Waals surface area contributed by atoms with Gasteiger partial charge < -0.3 is 14.2 Å². The van der Waals surface area contributed by atoms with Gasteiger partial charge in [-0.3, -0.25) is 9.59 Å². The van der Waals surface area contributed by atoms with E-state index in [0.29, 0.717) is 31.7 Å². The van der Waals surface area contributed by atoms with Gasteiger partial charge in [-0.15, -0.1) is 0 Å². The van der Waals surface area contributed by atoms with Gasteiger partial charge in [0, 0.05) is 26.2 Å². The summed E-state index contributed by atoms with van der Waals surface area (Å²) in [6.45, 7) is 2.64. The Morgan fingerprint density at radius 3 is 2.15 bits per heavy atom. The van der Waals surface area contributed by atoms with E-state index in [2.05, 4.69) is 4.98 Å². The van der Waals surface area contributed by atoms with Crippen molar-refractivity contribution < 1.29 is 27.2 Å². The summed E-state index contributed by atoms with van der Waals surface area (Å²) in [5.41, 5.74) is -0.427. The SMILES string of the molecule is Cc1nc(C(F)(F)F)ccc1C(=O)N1CCN(C(=O)c2ccoc2)CC1. The van der Waals surface area contributed by atoms with Gasteiger partial charge in [-0.05, 0) is 25.1 Å². The number of piperazine rings is 1. The molecule has 0 unspecified atom stereocenters. The maximum Gasteiger partial charge on any atom is 0.433 e. The van der Waals surface area contributed by atoms with Crippen molar-refractivity contribution in [3.05, 3.63) is 53.2 Å². The highest BCUT2D eigenvalue weighted by atomic mass is 19.4. The Balaban J connectivity index is 1.66. The highest BCUT2D eigenvalue weighted by Gasteiger charge is 2.33. The Morgan fingerprint density at radius 2 is 1.65 bits per heavy atom. The van der Waals surface area contributed by atoms with Crippen LogP contribution in [0.5, 0.6) is 0 Å². The molecule has 2 aromatic rings. The molecule has 3 heterocycles. The summed E-state index contributed by atoms with van der Waals surface area (Å²) in [5, 5.41) is 0. The van der Waals surface area contributed by atoms with Crippen molar-refractivity contribution in [3.63, 3.8) is 0 Å². The number of nitrogens with zero attached hydrogens (tertiary/aromatic N) is 3. The van der Waals surface area contributed by atoms with E-state index >= 15 is 0 Å². The number of furan rings is 1. The minimum Gasteiger partial charge on any atom is -0.472 e. The summed E-state index contributed by atoms with van der Waals surface area (Å²) in [5.74, 6) is -0.572. The van der Waals surface area contributed by atoms with Crippen molar-refractivity contribution >= 4 is 11.8 Å². The van der Waals surface area contributed by atoms with E-state index in [1.54, 1.807) is 11.0 Å². The zero-order chi connectivity index (χ0) is 18.9. The lowest BCUT2D eigenvalue weighted by Gasteiger charge is -2.34. The third-order valence-electron chi connectivity index (χ3n) is 4.23. The summed E-state index contributed by atoms with van der Waals surface area (Å²) in [7, 11) is 0. The summed E-state index contributed by atoms with van der Waals surface area (Å²) in [4.78, 5) is 31.4. The quantitative estimate of drug-likeness (QED) is 0.818. The minimum atomic E-state index is -4.55. The molecule has 2 aromatic heterocycles. The monoisotopic (exact) mass is 367 g/mol. The van der Waals surface area contributed by atoms with E-state index in [9.17, 15) is 22.8 Å². The molecule has 0 aliphatic carbocycles. The van der Waals surface area contributed by atoms with Crippen LogP contribution in [0.25, 0.3) is 0 Å². The fourth-order valence-corrected chi connectivity index (χ4v) is 2.80. The molecule has 0 spiro atoms. The number of amides is 2. The normalized spacial score (nSPS) is 15.2. The molecule has 2 amide bonds. The second-order valence-corrected chi connectivity index (χ2v) is 5.92. The molecule has 1 saturated heterocycles. The number of hydrogen-bond acceptors (Lipinski definition) is 4. The minimum absolute atomic E-state index is 0.0294. The van der Waals surface area contributed by atoms with Gasteiger partial charge in [-0.1, -0.05) is 0 Å². The van der Waals surface area contributed by atoms with Crippen molar-refractivity contribution in [2.24, 2.45) is 0 Å². The lowest BCUT2D eigenvalue weighted by Crippen LogP contribution is -2.50.